The van der Waals surface area contributed by atoms with Gasteiger partial charge in [-0.3, -0.25) is 4.90 Å². The van der Waals surface area contributed by atoms with Crippen LogP contribution in [-0.2, 0) is 6.54 Å². The number of benzene rings is 1. The lowest BCUT2D eigenvalue weighted by Gasteiger charge is -2.35. The molecular weight excluding hydrogens is 188 g/mol. The number of hydrogen-bond acceptors (Lipinski definition) is 3. The Bertz CT molecular complexity index is 323. The molecule has 1 fully saturated rings. The van der Waals surface area contributed by atoms with E-state index in [4.69, 9.17) is 4.74 Å². The van der Waals surface area contributed by atoms with E-state index in [9.17, 15) is 0 Å². The van der Waals surface area contributed by atoms with Crippen molar-refractivity contribution in [2.45, 2.75) is 12.6 Å². The highest BCUT2D eigenvalue weighted by Gasteiger charge is 2.21. The molecule has 1 heterocycles. The van der Waals surface area contributed by atoms with Crippen LogP contribution in [0.4, 0.5) is 0 Å². The minimum absolute atomic E-state index is 0.691. The van der Waals surface area contributed by atoms with E-state index >= 15 is 0 Å². The van der Waals surface area contributed by atoms with Crippen LogP contribution < -0.4 is 10.1 Å². The first kappa shape index (κ1) is 10.5. The smallest absolute Gasteiger partial charge is 0.119 e. The first-order valence-electron chi connectivity index (χ1n) is 5.33. The van der Waals surface area contributed by atoms with Gasteiger partial charge < -0.3 is 10.1 Å². The van der Waals surface area contributed by atoms with Crippen LogP contribution in [0.1, 0.15) is 5.56 Å². The van der Waals surface area contributed by atoms with Crippen molar-refractivity contribution in [3.8, 4) is 5.75 Å². The number of nitrogens with one attached hydrogen (secondary N) is 1. The molecule has 0 amide bonds. The lowest BCUT2D eigenvalue weighted by Crippen LogP contribution is -2.55. The zero-order chi connectivity index (χ0) is 10.7. The fourth-order valence-corrected chi connectivity index (χ4v) is 1.77. The summed E-state index contributed by atoms with van der Waals surface area (Å²) in [7, 11) is 3.88. The van der Waals surface area contributed by atoms with Gasteiger partial charge in [0.25, 0.3) is 0 Å². The van der Waals surface area contributed by atoms with Gasteiger partial charge in [-0.15, -0.1) is 0 Å². The lowest BCUT2D eigenvalue weighted by molar-refractivity contribution is 0.173. The van der Waals surface area contributed by atoms with Crippen LogP contribution in [0.5, 0.6) is 5.75 Å². The molecule has 1 aliphatic rings. The minimum atomic E-state index is 0.691. The molecule has 1 saturated heterocycles. The number of methoxy groups -OCH3 is 1. The van der Waals surface area contributed by atoms with Gasteiger partial charge in [-0.2, -0.15) is 0 Å². The average molecular weight is 206 g/mol. The monoisotopic (exact) mass is 206 g/mol. The molecule has 0 aliphatic carbocycles. The number of nitrogens with zero attached hydrogens (tertiary/aromatic N) is 1. The zero-order valence-corrected chi connectivity index (χ0v) is 9.36. The van der Waals surface area contributed by atoms with Gasteiger partial charge >= 0.3 is 0 Å². The van der Waals surface area contributed by atoms with E-state index in [1.807, 2.05) is 12.1 Å². The molecular formula is C12H18N2O. The molecule has 82 valence electrons. The second kappa shape index (κ2) is 4.64. The number of ether oxygens (including phenoxy) is 1. The third-order valence-corrected chi connectivity index (χ3v) is 2.95. The van der Waals surface area contributed by atoms with Gasteiger partial charge in [0, 0.05) is 25.7 Å². The Morgan fingerprint density at radius 3 is 2.87 bits per heavy atom. The van der Waals surface area contributed by atoms with E-state index in [-0.39, 0.29) is 0 Å². The molecule has 1 aromatic carbocycles. The second-order valence-corrected chi connectivity index (χ2v) is 4.08. The van der Waals surface area contributed by atoms with E-state index in [0.29, 0.717) is 6.04 Å². The molecule has 3 heteroatoms. The predicted molar refractivity (Wildman–Crippen MR) is 61.1 cm³/mol. The summed E-state index contributed by atoms with van der Waals surface area (Å²) in [5, 5.41) is 3.28. The van der Waals surface area contributed by atoms with Crippen LogP contribution in [0.2, 0.25) is 0 Å². The molecule has 1 aromatic rings. The summed E-state index contributed by atoms with van der Waals surface area (Å²) in [5.74, 6) is 0.938. The molecule has 1 aliphatic heterocycles. The van der Waals surface area contributed by atoms with E-state index in [1.165, 1.54) is 5.56 Å². The van der Waals surface area contributed by atoms with Crippen molar-refractivity contribution in [3.05, 3.63) is 29.8 Å². The van der Waals surface area contributed by atoms with Crippen LogP contribution in [0.3, 0.4) is 0 Å². The van der Waals surface area contributed by atoms with Crippen molar-refractivity contribution in [1.29, 1.82) is 0 Å². The molecule has 0 bridgehead atoms. The lowest BCUT2D eigenvalue weighted by atomic mass is 10.1. The standard InChI is InChI=1S/C12H18N2O/c1-14(11-7-13-8-11)9-10-4-3-5-12(6-10)15-2/h3-6,11,13H,7-9H2,1-2H3. The Hall–Kier alpha value is -1.06. The normalized spacial score (nSPS) is 16.5. The Kier molecular flexibility index (Phi) is 3.23. The molecule has 3 nitrogen and oxygen atoms in total. The molecule has 0 saturated carbocycles. The van der Waals surface area contributed by atoms with Crippen LogP contribution in [0, 0.1) is 0 Å². The summed E-state index contributed by atoms with van der Waals surface area (Å²) < 4.78 is 5.21. The fraction of sp³-hybridized carbons (Fsp3) is 0.500. The first-order chi connectivity index (χ1) is 7.29. The summed E-state index contributed by atoms with van der Waals surface area (Å²) in [6, 6.07) is 8.96. The molecule has 2 rings (SSSR count). The van der Waals surface area contributed by atoms with Gasteiger partial charge in [0.05, 0.1) is 7.11 Å². The van der Waals surface area contributed by atoms with Crippen molar-refractivity contribution >= 4 is 0 Å². The summed E-state index contributed by atoms with van der Waals surface area (Å²) in [4.78, 5) is 2.38. The highest BCUT2D eigenvalue weighted by atomic mass is 16.5. The molecule has 0 atom stereocenters. The molecule has 0 spiro atoms. The van der Waals surface area contributed by atoms with E-state index < -0.39 is 0 Å². The van der Waals surface area contributed by atoms with Crippen LogP contribution in [0.15, 0.2) is 24.3 Å². The molecule has 0 radical (unpaired) electrons. The van der Waals surface area contributed by atoms with E-state index in [1.54, 1.807) is 7.11 Å². The third-order valence-electron chi connectivity index (χ3n) is 2.95. The van der Waals surface area contributed by atoms with Crippen molar-refractivity contribution < 1.29 is 4.74 Å². The van der Waals surface area contributed by atoms with Gasteiger partial charge in [0.15, 0.2) is 0 Å². The van der Waals surface area contributed by atoms with Crippen LogP contribution in [0.25, 0.3) is 0 Å². The van der Waals surface area contributed by atoms with Crippen molar-refractivity contribution in [2.24, 2.45) is 0 Å². The molecule has 1 N–H and O–H groups in total. The third kappa shape index (κ3) is 2.49. The maximum absolute atomic E-state index is 5.21. The van der Waals surface area contributed by atoms with Crippen molar-refractivity contribution in [3.63, 3.8) is 0 Å². The summed E-state index contributed by atoms with van der Waals surface area (Å²) in [5.41, 5.74) is 1.31. The maximum atomic E-state index is 5.21. The zero-order valence-electron chi connectivity index (χ0n) is 9.36. The van der Waals surface area contributed by atoms with E-state index in [0.717, 1.165) is 25.4 Å². The largest absolute Gasteiger partial charge is 0.497 e. The Labute approximate surface area is 91.0 Å². The first-order valence-corrected chi connectivity index (χ1v) is 5.33. The fourth-order valence-electron chi connectivity index (χ4n) is 1.77. The summed E-state index contributed by atoms with van der Waals surface area (Å²) >= 11 is 0. The topological polar surface area (TPSA) is 24.5 Å². The van der Waals surface area contributed by atoms with Gasteiger partial charge in [-0.05, 0) is 24.7 Å². The SMILES string of the molecule is COc1cccc(CN(C)C2CNC2)c1. The highest BCUT2D eigenvalue weighted by molar-refractivity contribution is 5.28. The summed E-state index contributed by atoms with van der Waals surface area (Å²) in [6.07, 6.45) is 0. The van der Waals surface area contributed by atoms with Crippen molar-refractivity contribution in [1.82, 2.24) is 10.2 Å². The van der Waals surface area contributed by atoms with Gasteiger partial charge in [0.2, 0.25) is 0 Å². The van der Waals surface area contributed by atoms with Gasteiger partial charge in [-0.1, -0.05) is 12.1 Å². The number of hydrogen-bond donors (Lipinski definition) is 1. The van der Waals surface area contributed by atoms with Crippen molar-refractivity contribution in [2.75, 3.05) is 27.2 Å². The maximum Gasteiger partial charge on any atom is 0.119 e. The second-order valence-electron chi connectivity index (χ2n) is 4.08. The van der Waals surface area contributed by atoms with E-state index in [2.05, 4.69) is 29.4 Å². The molecule has 0 unspecified atom stereocenters. The van der Waals surface area contributed by atoms with Gasteiger partial charge in [-0.25, -0.2) is 0 Å². The predicted octanol–water partition coefficient (Wildman–Crippen LogP) is 1.10. The van der Waals surface area contributed by atoms with Crippen LogP contribution in [-0.4, -0.2) is 38.2 Å². The Balaban J connectivity index is 1.96. The number of likely N-dealkylation sites (N-methyl/N-ethyl adjacent to an activating group) is 1. The quantitative estimate of drug-likeness (QED) is 0.798. The Morgan fingerprint density at radius 1 is 1.47 bits per heavy atom. The molecule has 0 aromatic heterocycles. The summed E-state index contributed by atoms with van der Waals surface area (Å²) in [6.45, 7) is 3.21. The van der Waals surface area contributed by atoms with Crippen LogP contribution >= 0.6 is 0 Å². The number of rotatable bonds is 4. The van der Waals surface area contributed by atoms with Gasteiger partial charge in [0.1, 0.15) is 5.75 Å². The highest BCUT2D eigenvalue weighted by Crippen LogP contribution is 2.15. The minimum Gasteiger partial charge on any atom is -0.497 e. The Morgan fingerprint density at radius 2 is 2.27 bits per heavy atom. The molecule has 15 heavy (non-hydrogen) atoms. The average Bonchev–Trinajstić information content (AvgIpc) is 2.15.